The van der Waals surface area contributed by atoms with Crippen molar-refractivity contribution in [1.29, 1.82) is 0 Å². The van der Waals surface area contributed by atoms with Gasteiger partial charge in [-0.25, -0.2) is 0 Å². The van der Waals surface area contributed by atoms with Crippen molar-refractivity contribution < 1.29 is 0 Å². The first-order valence-electron chi connectivity index (χ1n) is 2.94. The van der Waals surface area contributed by atoms with Crippen LogP contribution in [0.5, 0.6) is 0 Å². The molecule has 0 fully saturated rings. The summed E-state index contributed by atoms with van der Waals surface area (Å²) in [6, 6.07) is 1.60. The Labute approximate surface area is 65.7 Å². The maximum Gasteiger partial charge on any atom is 0.277 e. The predicted octanol–water partition coefficient (Wildman–Crippen LogP) is 0.0802. The Morgan fingerprint density at radius 2 is 2.45 bits per heavy atom. The molecule has 0 radical (unpaired) electrons. The number of fused-ring (bicyclic) bond motifs is 1. The van der Waals surface area contributed by atoms with Crippen LogP contribution >= 0.6 is 12.2 Å². The summed E-state index contributed by atoms with van der Waals surface area (Å²) in [5.41, 5.74) is 0.227. The third kappa shape index (κ3) is 0.874. The van der Waals surface area contributed by atoms with E-state index in [2.05, 4.69) is 15.2 Å². The van der Waals surface area contributed by atoms with Crippen molar-refractivity contribution in [2.24, 2.45) is 0 Å². The number of aromatic amines is 2. The molecule has 0 aromatic carbocycles. The van der Waals surface area contributed by atoms with Gasteiger partial charge in [0.2, 0.25) is 0 Å². The van der Waals surface area contributed by atoms with Crippen LogP contribution in [0.1, 0.15) is 0 Å². The van der Waals surface area contributed by atoms with E-state index in [1.807, 2.05) is 0 Å². The normalized spacial score (nSPS) is 10.5. The Kier molecular flexibility index (Phi) is 1.16. The number of rotatable bonds is 0. The molecule has 5 nitrogen and oxygen atoms in total. The molecule has 0 spiro atoms. The summed E-state index contributed by atoms with van der Waals surface area (Å²) in [7, 11) is 0. The first kappa shape index (κ1) is 6.29. The second kappa shape index (κ2) is 2.03. The van der Waals surface area contributed by atoms with Crippen molar-refractivity contribution in [2.45, 2.75) is 0 Å². The highest BCUT2D eigenvalue weighted by Crippen LogP contribution is 1.88. The van der Waals surface area contributed by atoms with Crippen molar-refractivity contribution in [3.63, 3.8) is 0 Å². The van der Waals surface area contributed by atoms with E-state index < -0.39 is 0 Å². The van der Waals surface area contributed by atoms with Crippen molar-refractivity contribution in [3.05, 3.63) is 27.4 Å². The fourth-order valence-corrected chi connectivity index (χ4v) is 1.03. The van der Waals surface area contributed by atoms with Crippen LogP contribution in [0.15, 0.2) is 17.1 Å². The molecule has 2 aromatic rings. The summed E-state index contributed by atoms with van der Waals surface area (Å²) in [6.45, 7) is 0. The smallest absolute Gasteiger partial charge is 0.277 e. The van der Waals surface area contributed by atoms with Crippen molar-refractivity contribution in [3.8, 4) is 0 Å². The molecule has 0 aliphatic heterocycles. The van der Waals surface area contributed by atoms with E-state index >= 15 is 0 Å². The zero-order valence-corrected chi connectivity index (χ0v) is 6.18. The number of nitrogens with zero attached hydrogens (tertiary/aromatic N) is 2. The number of aromatic nitrogens is 4. The molecule has 2 rings (SSSR count). The molecule has 0 unspecified atom stereocenters. The number of hydrogen-bond donors (Lipinski definition) is 2. The van der Waals surface area contributed by atoms with Crippen LogP contribution in [0, 0.1) is 4.77 Å². The van der Waals surface area contributed by atoms with Crippen LogP contribution in [-0.4, -0.2) is 19.8 Å². The monoisotopic (exact) mass is 168 g/mol. The van der Waals surface area contributed by atoms with Crippen LogP contribution in [0.2, 0.25) is 0 Å². The molecule has 2 aromatic heterocycles. The fourth-order valence-electron chi connectivity index (χ4n) is 0.856. The van der Waals surface area contributed by atoms with Crippen LogP contribution in [0.25, 0.3) is 5.52 Å². The first-order chi connectivity index (χ1) is 5.27. The summed E-state index contributed by atoms with van der Waals surface area (Å²) in [5, 5.41) is 6.49. The Hall–Kier alpha value is -1.43. The molecule has 0 bridgehead atoms. The maximum atomic E-state index is 11.1. The van der Waals surface area contributed by atoms with Gasteiger partial charge in [-0.2, -0.15) is 9.73 Å². The van der Waals surface area contributed by atoms with Crippen LogP contribution < -0.4 is 5.56 Å². The molecule has 0 saturated heterocycles. The van der Waals surface area contributed by atoms with Crippen molar-refractivity contribution in [2.75, 3.05) is 0 Å². The molecule has 6 heteroatoms. The standard InChI is InChI=1S/C5H4N4OS/c10-4-3-1-2-6-9(3)8-5(11)7-4/h1-2H,(H2,7,8,10,11). The van der Waals surface area contributed by atoms with E-state index in [4.69, 9.17) is 12.2 Å². The summed E-state index contributed by atoms with van der Waals surface area (Å²) >= 11 is 4.72. The minimum atomic E-state index is -0.230. The highest BCUT2D eigenvalue weighted by Gasteiger charge is 1.96. The highest BCUT2D eigenvalue weighted by atomic mass is 32.1. The fraction of sp³-hybridized carbons (Fsp3) is 0. The third-order valence-corrected chi connectivity index (χ3v) is 1.50. The SMILES string of the molecule is O=c1[nH]c(=S)[nH]n2nccc12. The number of nitrogens with one attached hydrogen (secondary N) is 2. The number of hydrogen-bond acceptors (Lipinski definition) is 3. The largest absolute Gasteiger partial charge is 0.296 e. The Morgan fingerprint density at radius 3 is 3.27 bits per heavy atom. The van der Waals surface area contributed by atoms with Crippen LogP contribution in [0.4, 0.5) is 0 Å². The van der Waals surface area contributed by atoms with Crippen LogP contribution in [0.3, 0.4) is 0 Å². The lowest BCUT2D eigenvalue weighted by Crippen LogP contribution is -2.12. The van der Waals surface area contributed by atoms with E-state index in [9.17, 15) is 4.79 Å². The van der Waals surface area contributed by atoms with Gasteiger partial charge in [-0.3, -0.25) is 14.9 Å². The van der Waals surface area contributed by atoms with Crippen molar-refractivity contribution >= 4 is 17.7 Å². The molecule has 0 saturated carbocycles. The van der Waals surface area contributed by atoms with Gasteiger partial charge in [-0.1, -0.05) is 0 Å². The Morgan fingerprint density at radius 1 is 1.64 bits per heavy atom. The van der Waals surface area contributed by atoms with Gasteiger partial charge in [-0.15, -0.1) is 0 Å². The average molecular weight is 168 g/mol. The van der Waals surface area contributed by atoms with E-state index in [1.165, 1.54) is 10.8 Å². The molecule has 0 aliphatic rings. The summed E-state index contributed by atoms with van der Waals surface area (Å²) < 4.78 is 1.60. The van der Waals surface area contributed by atoms with Gasteiger partial charge < -0.3 is 0 Å². The Bertz CT molecular complexity index is 493. The van der Waals surface area contributed by atoms with Gasteiger partial charge >= 0.3 is 0 Å². The van der Waals surface area contributed by atoms with Gasteiger partial charge in [-0.05, 0) is 18.3 Å². The molecule has 11 heavy (non-hydrogen) atoms. The summed E-state index contributed by atoms with van der Waals surface area (Å²) in [4.78, 5) is 13.5. The number of H-pyrrole nitrogens is 2. The van der Waals surface area contributed by atoms with E-state index in [1.54, 1.807) is 6.07 Å². The lowest BCUT2D eigenvalue weighted by molar-refractivity contribution is 0.764. The molecular weight excluding hydrogens is 164 g/mol. The Balaban J connectivity index is 3.15. The van der Waals surface area contributed by atoms with Gasteiger partial charge in [0, 0.05) is 0 Å². The van der Waals surface area contributed by atoms with E-state index in [-0.39, 0.29) is 10.3 Å². The quantitative estimate of drug-likeness (QED) is 0.547. The van der Waals surface area contributed by atoms with Crippen molar-refractivity contribution in [1.82, 2.24) is 19.8 Å². The van der Waals surface area contributed by atoms with E-state index in [0.717, 1.165) is 0 Å². The lowest BCUT2D eigenvalue weighted by Gasteiger charge is -1.89. The molecule has 2 heterocycles. The first-order valence-corrected chi connectivity index (χ1v) is 3.34. The lowest BCUT2D eigenvalue weighted by atomic mass is 10.5. The molecule has 0 atom stereocenters. The van der Waals surface area contributed by atoms with E-state index in [0.29, 0.717) is 5.52 Å². The molecule has 56 valence electrons. The summed E-state index contributed by atoms with van der Waals surface area (Å²) in [6.07, 6.45) is 1.52. The van der Waals surface area contributed by atoms with Gasteiger partial charge in [0.15, 0.2) is 10.3 Å². The van der Waals surface area contributed by atoms with Gasteiger partial charge in [0.05, 0.1) is 6.20 Å². The molecular formula is C5H4N4OS. The molecule has 2 N–H and O–H groups in total. The minimum absolute atomic E-state index is 0.230. The average Bonchev–Trinajstić information content (AvgIpc) is 2.34. The van der Waals surface area contributed by atoms with Gasteiger partial charge in [0.25, 0.3) is 5.56 Å². The molecule has 0 amide bonds. The molecule has 0 aliphatic carbocycles. The maximum absolute atomic E-state index is 11.1. The predicted molar refractivity (Wildman–Crippen MR) is 41.0 cm³/mol. The second-order valence-electron chi connectivity index (χ2n) is 2.02. The zero-order chi connectivity index (χ0) is 7.84. The van der Waals surface area contributed by atoms with Gasteiger partial charge in [0.1, 0.15) is 0 Å². The highest BCUT2D eigenvalue weighted by molar-refractivity contribution is 7.71. The minimum Gasteiger partial charge on any atom is -0.296 e. The third-order valence-electron chi connectivity index (χ3n) is 1.31. The topological polar surface area (TPSA) is 66.0 Å². The van der Waals surface area contributed by atoms with Crippen LogP contribution in [-0.2, 0) is 0 Å². The second-order valence-corrected chi connectivity index (χ2v) is 2.43. The zero-order valence-electron chi connectivity index (χ0n) is 5.37. The summed E-state index contributed by atoms with van der Waals surface area (Å²) in [5.74, 6) is 0.